The Balaban J connectivity index is 2.87. The average molecular weight is 300 g/mol. The Hall–Kier alpha value is -0.950. The molecule has 0 radical (unpaired) electrons. The van der Waals surface area contributed by atoms with Gasteiger partial charge in [-0.15, -0.1) is 0 Å². The SMILES string of the molecule is CCC(O)c1cccc(S(=O)(=O)NCC(C)N(C)C)c1. The normalized spacial score (nSPS) is 15.3. The summed E-state index contributed by atoms with van der Waals surface area (Å²) < 4.78 is 27.0. The Bertz CT molecular complexity index is 529. The first kappa shape index (κ1) is 17.1. The zero-order valence-corrected chi connectivity index (χ0v) is 13.3. The molecule has 0 aliphatic heterocycles. The summed E-state index contributed by atoms with van der Waals surface area (Å²) in [5, 5.41) is 9.79. The molecule has 0 saturated heterocycles. The van der Waals surface area contributed by atoms with Gasteiger partial charge in [0.25, 0.3) is 0 Å². The van der Waals surface area contributed by atoms with Gasteiger partial charge < -0.3 is 10.0 Å². The van der Waals surface area contributed by atoms with Crippen molar-refractivity contribution in [3.05, 3.63) is 29.8 Å². The molecule has 0 saturated carbocycles. The number of hydrogen-bond donors (Lipinski definition) is 2. The van der Waals surface area contributed by atoms with Crippen molar-refractivity contribution in [2.24, 2.45) is 0 Å². The topological polar surface area (TPSA) is 69.6 Å². The van der Waals surface area contributed by atoms with Gasteiger partial charge in [-0.3, -0.25) is 0 Å². The van der Waals surface area contributed by atoms with Crippen LogP contribution in [0.25, 0.3) is 0 Å². The second-order valence-electron chi connectivity index (χ2n) is 5.16. The lowest BCUT2D eigenvalue weighted by Crippen LogP contribution is -2.38. The summed E-state index contributed by atoms with van der Waals surface area (Å²) in [6.45, 7) is 4.14. The molecule has 0 spiro atoms. The number of hydrogen-bond acceptors (Lipinski definition) is 4. The van der Waals surface area contributed by atoms with Crippen molar-refractivity contribution in [3.63, 3.8) is 0 Å². The van der Waals surface area contributed by atoms with Crippen LogP contribution < -0.4 is 4.72 Å². The van der Waals surface area contributed by atoms with E-state index in [4.69, 9.17) is 0 Å². The molecule has 5 nitrogen and oxygen atoms in total. The van der Waals surface area contributed by atoms with Crippen molar-refractivity contribution >= 4 is 10.0 Å². The van der Waals surface area contributed by atoms with Gasteiger partial charge in [0.2, 0.25) is 10.0 Å². The fourth-order valence-corrected chi connectivity index (χ4v) is 2.80. The first-order chi connectivity index (χ1) is 9.27. The van der Waals surface area contributed by atoms with Gasteiger partial charge >= 0.3 is 0 Å². The minimum Gasteiger partial charge on any atom is -0.388 e. The summed E-state index contributed by atoms with van der Waals surface area (Å²) >= 11 is 0. The number of benzene rings is 1. The third kappa shape index (κ3) is 4.56. The predicted octanol–water partition coefficient (Wildman–Crippen LogP) is 1.36. The molecule has 114 valence electrons. The maximum Gasteiger partial charge on any atom is 0.240 e. The van der Waals surface area contributed by atoms with Gasteiger partial charge in [0.15, 0.2) is 0 Å². The third-order valence-corrected chi connectivity index (χ3v) is 4.81. The van der Waals surface area contributed by atoms with E-state index in [9.17, 15) is 13.5 Å². The zero-order chi connectivity index (χ0) is 15.3. The molecule has 2 unspecified atom stereocenters. The van der Waals surface area contributed by atoms with Gasteiger partial charge in [-0.25, -0.2) is 13.1 Å². The van der Waals surface area contributed by atoms with Crippen LogP contribution in [0.3, 0.4) is 0 Å². The van der Waals surface area contributed by atoms with E-state index in [2.05, 4.69) is 4.72 Å². The van der Waals surface area contributed by atoms with Crippen LogP contribution in [0.1, 0.15) is 31.9 Å². The van der Waals surface area contributed by atoms with Crippen molar-refractivity contribution in [2.45, 2.75) is 37.3 Å². The number of rotatable bonds is 7. The van der Waals surface area contributed by atoms with E-state index in [-0.39, 0.29) is 10.9 Å². The summed E-state index contributed by atoms with van der Waals surface area (Å²) in [6, 6.07) is 6.55. The van der Waals surface area contributed by atoms with Crippen LogP contribution in [0.4, 0.5) is 0 Å². The Morgan fingerprint density at radius 3 is 2.55 bits per heavy atom. The van der Waals surface area contributed by atoms with Crippen LogP contribution in [0.2, 0.25) is 0 Å². The fourth-order valence-electron chi connectivity index (χ4n) is 1.62. The van der Waals surface area contributed by atoms with Crippen LogP contribution in [-0.2, 0) is 10.0 Å². The highest BCUT2D eigenvalue weighted by Gasteiger charge is 2.17. The monoisotopic (exact) mass is 300 g/mol. The molecule has 1 rings (SSSR count). The number of likely N-dealkylation sites (N-methyl/N-ethyl adjacent to an activating group) is 1. The highest BCUT2D eigenvalue weighted by molar-refractivity contribution is 7.89. The van der Waals surface area contributed by atoms with E-state index in [1.165, 1.54) is 12.1 Å². The molecule has 0 amide bonds. The lowest BCUT2D eigenvalue weighted by atomic mass is 10.1. The highest BCUT2D eigenvalue weighted by Crippen LogP contribution is 2.19. The molecule has 1 aromatic rings. The van der Waals surface area contributed by atoms with Gasteiger partial charge in [-0.2, -0.15) is 0 Å². The second-order valence-corrected chi connectivity index (χ2v) is 6.93. The minimum absolute atomic E-state index is 0.106. The van der Waals surface area contributed by atoms with Crippen molar-refractivity contribution in [1.29, 1.82) is 0 Å². The maximum atomic E-state index is 12.2. The predicted molar refractivity (Wildman–Crippen MR) is 80.0 cm³/mol. The number of nitrogens with zero attached hydrogens (tertiary/aromatic N) is 1. The van der Waals surface area contributed by atoms with E-state index >= 15 is 0 Å². The Morgan fingerprint density at radius 1 is 1.35 bits per heavy atom. The Morgan fingerprint density at radius 2 is 2.00 bits per heavy atom. The van der Waals surface area contributed by atoms with Crippen molar-refractivity contribution in [2.75, 3.05) is 20.6 Å². The van der Waals surface area contributed by atoms with E-state index in [1.54, 1.807) is 12.1 Å². The van der Waals surface area contributed by atoms with Crippen molar-refractivity contribution in [3.8, 4) is 0 Å². The summed E-state index contributed by atoms with van der Waals surface area (Å²) in [5.41, 5.74) is 0.621. The second kappa shape index (κ2) is 7.17. The fraction of sp³-hybridized carbons (Fsp3) is 0.571. The molecule has 0 aromatic heterocycles. The molecule has 0 fully saturated rings. The van der Waals surface area contributed by atoms with Crippen LogP contribution in [-0.4, -0.2) is 45.1 Å². The van der Waals surface area contributed by atoms with E-state index in [1.807, 2.05) is 32.8 Å². The van der Waals surface area contributed by atoms with Crippen LogP contribution >= 0.6 is 0 Å². The quantitative estimate of drug-likeness (QED) is 0.798. The molecular formula is C14H24N2O3S. The third-order valence-electron chi connectivity index (χ3n) is 3.39. The number of aliphatic hydroxyl groups is 1. The van der Waals surface area contributed by atoms with Gasteiger partial charge in [-0.05, 0) is 45.1 Å². The summed E-state index contributed by atoms with van der Waals surface area (Å²) in [4.78, 5) is 2.13. The molecule has 0 bridgehead atoms. The van der Waals surface area contributed by atoms with Crippen LogP contribution in [0.15, 0.2) is 29.2 Å². The molecule has 1 aromatic carbocycles. The van der Waals surface area contributed by atoms with E-state index in [0.29, 0.717) is 18.5 Å². The minimum atomic E-state index is -3.54. The highest BCUT2D eigenvalue weighted by atomic mass is 32.2. The summed E-state index contributed by atoms with van der Waals surface area (Å²) in [5.74, 6) is 0. The standard InChI is InChI=1S/C14H24N2O3S/c1-5-14(17)12-7-6-8-13(9-12)20(18,19)15-10-11(2)16(3)4/h6-9,11,14-15,17H,5,10H2,1-4H3. The molecule has 20 heavy (non-hydrogen) atoms. The molecule has 0 aliphatic carbocycles. The number of nitrogens with one attached hydrogen (secondary N) is 1. The molecule has 2 atom stereocenters. The van der Waals surface area contributed by atoms with Crippen LogP contribution in [0, 0.1) is 0 Å². The molecule has 6 heteroatoms. The number of aliphatic hydroxyl groups excluding tert-OH is 1. The van der Waals surface area contributed by atoms with Crippen molar-refractivity contribution < 1.29 is 13.5 Å². The van der Waals surface area contributed by atoms with Gasteiger partial charge in [0, 0.05) is 12.6 Å². The smallest absolute Gasteiger partial charge is 0.240 e. The van der Waals surface area contributed by atoms with Gasteiger partial charge in [-0.1, -0.05) is 19.1 Å². The zero-order valence-electron chi connectivity index (χ0n) is 12.5. The Kier molecular flexibility index (Phi) is 6.13. The van der Waals surface area contributed by atoms with Gasteiger partial charge in [0.1, 0.15) is 0 Å². The largest absolute Gasteiger partial charge is 0.388 e. The van der Waals surface area contributed by atoms with Crippen molar-refractivity contribution in [1.82, 2.24) is 9.62 Å². The summed E-state index contributed by atoms with van der Waals surface area (Å²) in [6.07, 6.45) is -0.0833. The van der Waals surface area contributed by atoms with E-state index < -0.39 is 16.1 Å². The maximum absolute atomic E-state index is 12.2. The summed E-state index contributed by atoms with van der Waals surface area (Å²) in [7, 11) is 0.259. The number of sulfonamides is 1. The Labute approximate surface area is 121 Å². The molecule has 0 aliphatic rings. The van der Waals surface area contributed by atoms with Crippen LogP contribution in [0.5, 0.6) is 0 Å². The molecule has 0 heterocycles. The first-order valence-electron chi connectivity index (χ1n) is 6.72. The lowest BCUT2D eigenvalue weighted by molar-refractivity contribution is 0.173. The average Bonchev–Trinajstić information content (AvgIpc) is 2.43. The van der Waals surface area contributed by atoms with E-state index in [0.717, 1.165) is 0 Å². The lowest BCUT2D eigenvalue weighted by Gasteiger charge is -2.20. The molecule has 2 N–H and O–H groups in total. The van der Waals surface area contributed by atoms with Gasteiger partial charge in [0.05, 0.1) is 11.0 Å². The molecular weight excluding hydrogens is 276 g/mol. The first-order valence-corrected chi connectivity index (χ1v) is 8.20.